The standard InChI is InChI=1S/C25H26N2O4/c1-2-31-25(30)20-11-10-18-22(15-6-4-3-5-7-15)23-17-9-8-16(28)14-19(17)21(29)12-13-27(23)24(18)26-20/h8-11,14-15,28H,2-7,12-13H2,1H3. The number of phenolic OH excluding ortho intramolecular Hbond substituents is 1. The van der Waals surface area contributed by atoms with Gasteiger partial charge in [0.25, 0.3) is 0 Å². The summed E-state index contributed by atoms with van der Waals surface area (Å²) in [5.41, 5.74) is 4.65. The largest absolute Gasteiger partial charge is 0.508 e. The van der Waals surface area contributed by atoms with Crippen LogP contribution < -0.4 is 0 Å². The van der Waals surface area contributed by atoms with Crippen LogP contribution in [-0.4, -0.2) is 33.0 Å². The first kappa shape index (κ1) is 19.8. The number of aromatic hydroxyl groups is 1. The second-order valence-corrected chi connectivity index (χ2v) is 8.44. The van der Waals surface area contributed by atoms with Crippen molar-refractivity contribution in [3.63, 3.8) is 0 Å². The minimum absolute atomic E-state index is 0.0129. The van der Waals surface area contributed by atoms with Gasteiger partial charge in [-0.1, -0.05) is 19.3 Å². The van der Waals surface area contributed by atoms with Crippen molar-refractivity contribution in [1.82, 2.24) is 9.55 Å². The van der Waals surface area contributed by atoms with Crippen LogP contribution in [0.5, 0.6) is 5.75 Å². The van der Waals surface area contributed by atoms with Gasteiger partial charge in [-0.25, -0.2) is 9.78 Å². The summed E-state index contributed by atoms with van der Waals surface area (Å²) in [6, 6.07) is 8.79. The van der Waals surface area contributed by atoms with Gasteiger partial charge in [0.15, 0.2) is 11.5 Å². The highest BCUT2D eigenvalue weighted by atomic mass is 16.5. The Morgan fingerprint density at radius 2 is 1.97 bits per heavy atom. The van der Waals surface area contributed by atoms with Gasteiger partial charge in [-0.15, -0.1) is 0 Å². The number of carbonyl (C=O) groups excluding carboxylic acids is 2. The number of carbonyl (C=O) groups is 2. The maximum absolute atomic E-state index is 12.9. The third kappa shape index (κ3) is 3.30. The summed E-state index contributed by atoms with van der Waals surface area (Å²) in [6.45, 7) is 2.56. The third-order valence-corrected chi connectivity index (χ3v) is 6.57. The molecule has 31 heavy (non-hydrogen) atoms. The first-order valence-electron chi connectivity index (χ1n) is 11.1. The number of pyridine rings is 1. The zero-order valence-corrected chi connectivity index (χ0v) is 17.7. The molecule has 5 rings (SSSR count). The average Bonchev–Trinajstić information content (AvgIpc) is 3.04. The predicted molar refractivity (Wildman–Crippen MR) is 118 cm³/mol. The van der Waals surface area contributed by atoms with Crippen LogP contribution in [0.4, 0.5) is 0 Å². The van der Waals surface area contributed by atoms with Gasteiger partial charge in [0.05, 0.1) is 12.3 Å². The third-order valence-electron chi connectivity index (χ3n) is 6.57. The molecular weight excluding hydrogens is 392 g/mol. The van der Waals surface area contributed by atoms with Crippen LogP contribution >= 0.6 is 0 Å². The highest BCUT2D eigenvalue weighted by Crippen LogP contribution is 2.46. The second kappa shape index (κ2) is 7.84. The second-order valence-electron chi connectivity index (χ2n) is 8.44. The number of hydrogen-bond acceptors (Lipinski definition) is 5. The Labute approximate surface area is 180 Å². The van der Waals surface area contributed by atoms with E-state index in [0.29, 0.717) is 31.1 Å². The molecule has 0 radical (unpaired) electrons. The topological polar surface area (TPSA) is 81.4 Å². The number of Topliss-reactive ketones (excluding diaryl/α,β-unsaturated/α-hetero) is 1. The van der Waals surface area contributed by atoms with Gasteiger partial charge >= 0.3 is 5.97 Å². The number of hydrogen-bond donors (Lipinski definition) is 1. The Balaban J connectivity index is 1.80. The van der Waals surface area contributed by atoms with E-state index in [1.165, 1.54) is 24.8 Å². The number of ketones is 1. The monoisotopic (exact) mass is 418 g/mol. The van der Waals surface area contributed by atoms with E-state index in [9.17, 15) is 14.7 Å². The summed E-state index contributed by atoms with van der Waals surface area (Å²) >= 11 is 0. The molecule has 1 saturated carbocycles. The number of ether oxygens (including phenoxy) is 1. The Hall–Kier alpha value is -3.15. The van der Waals surface area contributed by atoms with Crippen LogP contribution in [-0.2, 0) is 11.3 Å². The van der Waals surface area contributed by atoms with Crippen molar-refractivity contribution in [3.05, 3.63) is 47.2 Å². The minimum atomic E-state index is -0.436. The molecule has 0 amide bonds. The molecule has 1 aliphatic heterocycles. The fourth-order valence-electron chi connectivity index (χ4n) is 5.19. The summed E-state index contributed by atoms with van der Waals surface area (Å²) in [4.78, 5) is 29.9. The minimum Gasteiger partial charge on any atom is -0.508 e. The molecule has 1 aliphatic carbocycles. The molecule has 2 aliphatic rings. The summed E-state index contributed by atoms with van der Waals surface area (Å²) in [5, 5.41) is 11.1. The van der Waals surface area contributed by atoms with Crippen molar-refractivity contribution in [1.29, 1.82) is 0 Å². The predicted octanol–water partition coefficient (Wildman–Crippen LogP) is 5.22. The maximum atomic E-state index is 12.9. The maximum Gasteiger partial charge on any atom is 0.356 e. The lowest BCUT2D eigenvalue weighted by molar-refractivity contribution is 0.0519. The molecule has 2 aromatic heterocycles. The van der Waals surface area contributed by atoms with Crippen molar-refractivity contribution in [3.8, 4) is 17.0 Å². The zero-order chi connectivity index (χ0) is 21.5. The average molecular weight is 418 g/mol. The highest BCUT2D eigenvalue weighted by Gasteiger charge is 2.31. The molecule has 1 fully saturated rings. The molecule has 3 aromatic rings. The quantitative estimate of drug-likeness (QED) is 0.590. The van der Waals surface area contributed by atoms with Crippen LogP contribution in [0.15, 0.2) is 30.3 Å². The van der Waals surface area contributed by atoms with Gasteiger partial charge in [0, 0.05) is 29.5 Å². The van der Waals surface area contributed by atoms with Crippen LogP contribution in [0.25, 0.3) is 22.3 Å². The first-order valence-corrected chi connectivity index (χ1v) is 11.1. The van der Waals surface area contributed by atoms with Crippen LogP contribution in [0.1, 0.15) is 77.8 Å². The molecule has 1 N–H and O–H groups in total. The number of rotatable bonds is 3. The summed E-state index contributed by atoms with van der Waals surface area (Å²) in [6.07, 6.45) is 6.15. The van der Waals surface area contributed by atoms with E-state index < -0.39 is 5.97 Å². The van der Waals surface area contributed by atoms with Crippen LogP contribution in [0.2, 0.25) is 0 Å². The molecule has 6 heteroatoms. The zero-order valence-electron chi connectivity index (χ0n) is 17.7. The van der Waals surface area contributed by atoms with E-state index in [1.807, 2.05) is 12.1 Å². The van der Waals surface area contributed by atoms with Crippen molar-refractivity contribution in [2.24, 2.45) is 0 Å². The van der Waals surface area contributed by atoms with Crippen molar-refractivity contribution in [2.45, 2.75) is 57.9 Å². The smallest absolute Gasteiger partial charge is 0.356 e. The Kier molecular flexibility index (Phi) is 5.00. The molecule has 0 spiro atoms. The molecule has 0 unspecified atom stereocenters. The lowest BCUT2D eigenvalue weighted by Gasteiger charge is -2.23. The first-order chi connectivity index (χ1) is 15.1. The molecule has 0 atom stereocenters. The fourth-order valence-corrected chi connectivity index (χ4v) is 5.19. The van der Waals surface area contributed by atoms with Gasteiger partial charge in [-0.3, -0.25) is 4.79 Å². The Morgan fingerprint density at radius 3 is 2.74 bits per heavy atom. The number of fused-ring (bicyclic) bond motifs is 5. The van der Waals surface area contributed by atoms with Gasteiger partial charge in [0.2, 0.25) is 0 Å². The van der Waals surface area contributed by atoms with Gasteiger partial charge in [-0.05, 0) is 61.6 Å². The summed E-state index contributed by atoms with van der Waals surface area (Å²) in [5.74, 6) is 0.0595. The van der Waals surface area contributed by atoms with Crippen molar-refractivity contribution < 1.29 is 19.4 Å². The number of nitrogens with zero attached hydrogens (tertiary/aromatic N) is 2. The lowest BCUT2D eigenvalue weighted by Crippen LogP contribution is -2.08. The molecule has 1 aromatic carbocycles. The number of aromatic nitrogens is 2. The SMILES string of the molecule is CCOC(=O)c1ccc2c(C3CCCCC3)c3n(c2n1)CCC(=O)c1cc(O)ccc1-3. The molecule has 6 nitrogen and oxygen atoms in total. The van der Waals surface area contributed by atoms with Gasteiger partial charge in [-0.2, -0.15) is 0 Å². The van der Waals surface area contributed by atoms with E-state index in [1.54, 1.807) is 25.1 Å². The van der Waals surface area contributed by atoms with Crippen molar-refractivity contribution in [2.75, 3.05) is 6.61 Å². The van der Waals surface area contributed by atoms with Crippen LogP contribution in [0, 0.1) is 0 Å². The number of aryl methyl sites for hydroxylation is 1. The van der Waals surface area contributed by atoms with Gasteiger partial charge in [0.1, 0.15) is 11.4 Å². The summed E-state index contributed by atoms with van der Waals surface area (Å²) in [7, 11) is 0. The van der Waals surface area contributed by atoms with E-state index in [4.69, 9.17) is 9.72 Å². The molecule has 0 bridgehead atoms. The fraction of sp³-hybridized carbons (Fsp3) is 0.400. The normalized spacial score (nSPS) is 16.6. The van der Waals surface area contributed by atoms with Crippen molar-refractivity contribution >= 4 is 22.8 Å². The van der Waals surface area contributed by atoms with E-state index >= 15 is 0 Å². The van der Waals surface area contributed by atoms with Gasteiger partial charge < -0.3 is 14.4 Å². The van der Waals surface area contributed by atoms with E-state index in [2.05, 4.69) is 4.57 Å². The lowest BCUT2D eigenvalue weighted by atomic mass is 9.81. The summed E-state index contributed by atoms with van der Waals surface area (Å²) < 4.78 is 7.26. The number of esters is 1. The number of benzene rings is 1. The van der Waals surface area contributed by atoms with Crippen LogP contribution in [0.3, 0.4) is 0 Å². The number of phenols is 1. The molecular formula is C25H26N2O4. The van der Waals surface area contributed by atoms with E-state index in [-0.39, 0.29) is 17.2 Å². The molecule has 160 valence electrons. The highest BCUT2D eigenvalue weighted by molar-refractivity contribution is 6.06. The molecule has 0 saturated heterocycles. The Bertz CT molecular complexity index is 1190. The molecule has 3 heterocycles. The van der Waals surface area contributed by atoms with E-state index in [0.717, 1.165) is 35.1 Å². The Morgan fingerprint density at radius 1 is 1.16 bits per heavy atom.